The van der Waals surface area contributed by atoms with Crippen LogP contribution in [0.25, 0.3) is 5.57 Å². The average molecular weight is 506 g/mol. The van der Waals surface area contributed by atoms with Crippen molar-refractivity contribution < 1.29 is 21.2 Å². The average Bonchev–Trinajstić information content (AvgIpc) is 3.28. The first-order valence-corrected chi connectivity index (χ1v) is 13.8. The molecule has 4 rings (SSSR count). The van der Waals surface area contributed by atoms with Crippen LogP contribution >= 0.6 is 11.6 Å². The SMILES string of the molecule is CCC1CCCCC1C=[N+](CC1CC=C(c2ncco2)C=C1F)S(=O)(=O)C1=CC=C(Cl)C=CC1. The fourth-order valence-electron chi connectivity index (χ4n) is 4.92. The molecule has 0 saturated heterocycles. The van der Waals surface area contributed by atoms with Crippen molar-refractivity contribution in [3.05, 3.63) is 70.6 Å². The van der Waals surface area contributed by atoms with E-state index < -0.39 is 15.9 Å². The van der Waals surface area contributed by atoms with Crippen molar-refractivity contribution in [2.45, 2.75) is 51.9 Å². The number of sulfonamides is 1. The number of hydrogen-bond acceptors (Lipinski definition) is 4. The molecule has 34 heavy (non-hydrogen) atoms. The van der Waals surface area contributed by atoms with Crippen LogP contribution in [0.15, 0.2) is 69.1 Å². The molecule has 1 aromatic heterocycles. The largest absolute Gasteiger partial charge is 0.445 e. The molecule has 1 saturated carbocycles. The standard InChI is InChI=1S/C26H31ClFN2O3S/c1-2-19-6-3-4-7-21(19)17-30(34(31,32)24-9-5-8-23(27)12-13-24)18-22-11-10-20(16-25(22)28)26-29-14-15-33-26/h5,8,10,12-17,19,21-22H,2-4,6-7,9,11,18H2,1H3/q+1. The lowest BCUT2D eigenvalue weighted by molar-refractivity contribution is -0.372. The van der Waals surface area contributed by atoms with Crippen LogP contribution in [0.5, 0.6) is 0 Å². The molecule has 3 aliphatic carbocycles. The zero-order valence-corrected chi connectivity index (χ0v) is 20.9. The molecule has 0 aromatic carbocycles. The molecule has 0 aliphatic heterocycles. The highest BCUT2D eigenvalue weighted by Gasteiger charge is 2.36. The lowest BCUT2D eigenvalue weighted by Gasteiger charge is -2.27. The highest BCUT2D eigenvalue weighted by Crippen LogP contribution is 2.34. The maximum absolute atomic E-state index is 15.2. The number of halogens is 2. The third kappa shape index (κ3) is 5.69. The van der Waals surface area contributed by atoms with Gasteiger partial charge in [0.25, 0.3) is 0 Å². The van der Waals surface area contributed by atoms with E-state index in [9.17, 15) is 8.42 Å². The summed E-state index contributed by atoms with van der Waals surface area (Å²) in [7, 11) is -3.84. The Bertz CT molecular complexity index is 1180. The summed E-state index contributed by atoms with van der Waals surface area (Å²) >= 11 is 6.08. The lowest BCUT2D eigenvalue weighted by Crippen LogP contribution is -2.33. The van der Waals surface area contributed by atoms with Crippen LogP contribution in [0.2, 0.25) is 0 Å². The topological polar surface area (TPSA) is 63.2 Å². The zero-order chi connectivity index (χ0) is 24.1. The second-order valence-corrected chi connectivity index (χ2v) is 11.5. The Balaban J connectivity index is 1.65. The van der Waals surface area contributed by atoms with Crippen LogP contribution in [-0.4, -0.2) is 30.1 Å². The summed E-state index contributed by atoms with van der Waals surface area (Å²) in [5.74, 6) is 0.0134. The van der Waals surface area contributed by atoms with Gasteiger partial charge in [0.15, 0.2) is 12.8 Å². The first kappa shape index (κ1) is 24.9. The number of hydrogen-bond donors (Lipinski definition) is 0. The number of oxazole rings is 1. The fourth-order valence-corrected chi connectivity index (χ4v) is 6.61. The summed E-state index contributed by atoms with van der Waals surface area (Å²) in [6.45, 7) is 2.20. The van der Waals surface area contributed by atoms with E-state index in [4.69, 9.17) is 16.0 Å². The third-order valence-corrected chi connectivity index (χ3v) is 9.01. The molecular formula is C26H31ClFN2O3S+. The molecule has 1 fully saturated rings. The Kier molecular flexibility index (Phi) is 8.04. The molecule has 0 radical (unpaired) electrons. The minimum Gasteiger partial charge on any atom is -0.445 e. The molecule has 3 aliphatic rings. The van der Waals surface area contributed by atoms with Gasteiger partial charge in [-0.2, -0.15) is 8.42 Å². The van der Waals surface area contributed by atoms with Gasteiger partial charge in [0.05, 0.1) is 12.1 Å². The van der Waals surface area contributed by atoms with Crippen LogP contribution in [0.1, 0.15) is 57.8 Å². The Morgan fingerprint density at radius 1 is 1.29 bits per heavy atom. The number of aromatic nitrogens is 1. The molecule has 0 N–H and O–H groups in total. The van der Waals surface area contributed by atoms with Crippen molar-refractivity contribution in [3.8, 4) is 0 Å². The van der Waals surface area contributed by atoms with Gasteiger partial charge in [-0.05, 0) is 49.5 Å². The van der Waals surface area contributed by atoms with E-state index >= 15 is 4.39 Å². The Hall–Kier alpha value is -2.25. The van der Waals surface area contributed by atoms with E-state index in [1.165, 1.54) is 28.9 Å². The molecule has 3 unspecified atom stereocenters. The molecular weight excluding hydrogens is 475 g/mol. The molecule has 5 nitrogen and oxygen atoms in total. The van der Waals surface area contributed by atoms with Gasteiger partial charge >= 0.3 is 10.0 Å². The Morgan fingerprint density at radius 2 is 2.12 bits per heavy atom. The van der Waals surface area contributed by atoms with Gasteiger partial charge in [0.2, 0.25) is 5.89 Å². The first-order chi connectivity index (χ1) is 16.4. The van der Waals surface area contributed by atoms with Crippen LogP contribution in [0, 0.1) is 17.8 Å². The van der Waals surface area contributed by atoms with E-state index in [2.05, 4.69) is 11.9 Å². The molecule has 0 amide bonds. The highest BCUT2D eigenvalue weighted by atomic mass is 35.5. The van der Waals surface area contributed by atoms with Crippen molar-refractivity contribution in [2.24, 2.45) is 17.8 Å². The van der Waals surface area contributed by atoms with E-state index in [-0.39, 0.29) is 29.6 Å². The second kappa shape index (κ2) is 11.0. The molecule has 0 bridgehead atoms. The summed E-state index contributed by atoms with van der Waals surface area (Å²) in [6.07, 6.45) is 20.6. The Labute approximate surface area is 206 Å². The molecule has 1 aromatic rings. The molecule has 0 spiro atoms. The van der Waals surface area contributed by atoms with Crippen LogP contribution in [0.4, 0.5) is 4.39 Å². The van der Waals surface area contributed by atoms with Crippen molar-refractivity contribution in [2.75, 3.05) is 6.54 Å². The minimum atomic E-state index is -3.84. The van der Waals surface area contributed by atoms with Gasteiger partial charge in [-0.15, -0.1) is 3.98 Å². The van der Waals surface area contributed by atoms with Gasteiger partial charge in [-0.3, -0.25) is 0 Å². The Morgan fingerprint density at radius 3 is 2.85 bits per heavy atom. The predicted octanol–water partition coefficient (Wildman–Crippen LogP) is 6.53. The van der Waals surface area contributed by atoms with E-state index in [1.807, 2.05) is 12.3 Å². The van der Waals surface area contributed by atoms with Crippen LogP contribution in [-0.2, 0) is 10.0 Å². The summed E-state index contributed by atoms with van der Waals surface area (Å²) in [5.41, 5.74) is 0.576. The van der Waals surface area contributed by atoms with Gasteiger partial charge in [0, 0.05) is 22.9 Å². The van der Waals surface area contributed by atoms with E-state index in [1.54, 1.807) is 24.3 Å². The van der Waals surface area contributed by atoms with E-state index in [0.717, 1.165) is 25.7 Å². The lowest BCUT2D eigenvalue weighted by atomic mass is 9.78. The first-order valence-electron chi connectivity index (χ1n) is 11.9. The number of allylic oxidation sites excluding steroid dienone is 9. The molecule has 3 atom stereocenters. The van der Waals surface area contributed by atoms with E-state index in [0.29, 0.717) is 28.8 Å². The maximum Gasteiger partial charge on any atom is 0.391 e. The van der Waals surface area contributed by atoms with Crippen LogP contribution in [0.3, 0.4) is 0 Å². The normalized spacial score (nSPS) is 26.3. The summed E-state index contributed by atoms with van der Waals surface area (Å²) in [4.78, 5) is 4.34. The summed E-state index contributed by atoms with van der Waals surface area (Å²) in [5, 5.41) is 0.476. The zero-order valence-electron chi connectivity index (χ0n) is 19.4. The maximum atomic E-state index is 15.2. The monoisotopic (exact) mass is 505 g/mol. The second-order valence-electron chi connectivity index (χ2n) is 9.09. The van der Waals surface area contributed by atoms with Crippen molar-refractivity contribution in [1.82, 2.24) is 4.98 Å². The summed E-state index contributed by atoms with van der Waals surface area (Å²) in [6, 6.07) is 0. The third-order valence-electron chi connectivity index (χ3n) is 6.90. The van der Waals surface area contributed by atoms with Gasteiger partial charge in [-0.1, -0.05) is 49.9 Å². The molecule has 1 heterocycles. The predicted molar refractivity (Wildman–Crippen MR) is 133 cm³/mol. The highest BCUT2D eigenvalue weighted by molar-refractivity contribution is 7.89. The van der Waals surface area contributed by atoms with Crippen molar-refractivity contribution in [3.63, 3.8) is 0 Å². The fraction of sp³-hybridized carbons (Fsp3) is 0.462. The van der Waals surface area contributed by atoms with Crippen LogP contribution < -0.4 is 0 Å². The van der Waals surface area contributed by atoms with Gasteiger partial charge < -0.3 is 4.42 Å². The van der Waals surface area contributed by atoms with Gasteiger partial charge in [-0.25, -0.2) is 9.37 Å². The minimum absolute atomic E-state index is 0.0471. The van der Waals surface area contributed by atoms with Gasteiger partial charge in [0.1, 0.15) is 17.0 Å². The smallest absolute Gasteiger partial charge is 0.391 e. The quantitative estimate of drug-likeness (QED) is 0.312. The summed E-state index contributed by atoms with van der Waals surface area (Å²) < 4.78 is 49.4. The van der Waals surface area contributed by atoms with Crippen molar-refractivity contribution >= 4 is 33.4 Å². The van der Waals surface area contributed by atoms with Crippen molar-refractivity contribution in [1.29, 1.82) is 0 Å². The molecule has 182 valence electrons. The molecule has 8 heteroatoms. The number of nitrogens with zero attached hydrogens (tertiary/aromatic N) is 2. The number of rotatable bonds is 7.